The van der Waals surface area contributed by atoms with Gasteiger partial charge in [-0.2, -0.15) is 13.2 Å². The van der Waals surface area contributed by atoms with E-state index in [2.05, 4.69) is 10.3 Å². The third-order valence-corrected chi connectivity index (χ3v) is 2.75. The predicted octanol–water partition coefficient (Wildman–Crippen LogP) is 4.58. The molecule has 0 unspecified atom stereocenters. The molecule has 1 aromatic heterocycles. The van der Waals surface area contributed by atoms with Gasteiger partial charge in [0, 0.05) is 17.8 Å². The first-order chi connectivity index (χ1) is 8.99. The summed E-state index contributed by atoms with van der Waals surface area (Å²) in [6.45, 7) is 0. The van der Waals surface area contributed by atoms with Crippen LogP contribution in [-0.4, -0.2) is 4.98 Å². The van der Waals surface area contributed by atoms with Crippen molar-refractivity contribution in [1.29, 1.82) is 0 Å². The number of pyridine rings is 1. The summed E-state index contributed by atoms with van der Waals surface area (Å²) in [6.07, 6.45) is -3.26. The van der Waals surface area contributed by atoms with E-state index < -0.39 is 11.7 Å². The van der Waals surface area contributed by atoms with E-state index in [0.29, 0.717) is 11.6 Å². The van der Waals surface area contributed by atoms with Crippen molar-refractivity contribution in [2.24, 2.45) is 0 Å². The molecule has 2 nitrogen and oxygen atoms in total. The van der Waals surface area contributed by atoms with Crippen LogP contribution >= 0.6 is 11.6 Å². The van der Waals surface area contributed by atoms with Crippen molar-refractivity contribution < 1.29 is 13.2 Å². The van der Waals surface area contributed by atoms with E-state index in [-0.39, 0.29) is 5.82 Å². The number of hydrogen-bond acceptors (Lipinski definition) is 2. The molecule has 0 atom stereocenters. The Morgan fingerprint density at radius 3 is 2.63 bits per heavy atom. The second-order valence-corrected chi connectivity index (χ2v) is 4.15. The van der Waals surface area contributed by atoms with Crippen molar-refractivity contribution in [3.05, 3.63) is 53.7 Å². The van der Waals surface area contributed by atoms with Crippen LogP contribution in [0.4, 0.5) is 24.7 Å². The average molecular weight is 287 g/mol. The monoisotopic (exact) mass is 286 g/mol. The maximum Gasteiger partial charge on any atom is 0.416 e. The molecular formula is C13H10ClF3N2. The number of nitrogens with zero attached hydrogens (tertiary/aromatic N) is 1. The van der Waals surface area contributed by atoms with E-state index in [0.717, 1.165) is 23.9 Å². The van der Waals surface area contributed by atoms with Gasteiger partial charge < -0.3 is 5.32 Å². The minimum absolute atomic E-state index is 0.140. The van der Waals surface area contributed by atoms with Gasteiger partial charge in [0.2, 0.25) is 0 Å². The van der Waals surface area contributed by atoms with Gasteiger partial charge in [0.1, 0.15) is 5.82 Å². The second-order valence-electron chi connectivity index (χ2n) is 3.89. The number of hydrogen-bond donors (Lipinski definition) is 1. The van der Waals surface area contributed by atoms with Gasteiger partial charge in [0.25, 0.3) is 0 Å². The molecule has 19 heavy (non-hydrogen) atoms. The first-order valence-corrected chi connectivity index (χ1v) is 5.97. The zero-order valence-electron chi connectivity index (χ0n) is 9.71. The topological polar surface area (TPSA) is 24.9 Å². The molecule has 1 aromatic carbocycles. The van der Waals surface area contributed by atoms with Gasteiger partial charge in [0.15, 0.2) is 0 Å². The summed E-state index contributed by atoms with van der Waals surface area (Å²) in [4.78, 5) is 3.86. The minimum atomic E-state index is -4.38. The number of halogens is 4. The van der Waals surface area contributed by atoms with Crippen LogP contribution in [0.25, 0.3) is 0 Å². The highest BCUT2D eigenvalue weighted by Crippen LogP contribution is 2.30. The Hall–Kier alpha value is -1.75. The number of benzene rings is 1. The Morgan fingerprint density at radius 1 is 1.16 bits per heavy atom. The largest absolute Gasteiger partial charge is 0.416 e. The van der Waals surface area contributed by atoms with Crippen LogP contribution < -0.4 is 5.32 Å². The van der Waals surface area contributed by atoms with Gasteiger partial charge >= 0.3 is 6.18 Å². The third kappa shape index (κ3) is 3.61. The van der Waals surface area contributed by atoms with Gasteiger partial charge in [-0.15, -0.1) is 11.6 Å². The lowest BCUT2D eigenvalue weighted by Crippen LogP contribution is -2.06. The molecule has 100 valence electrons. The van der Waals surface area contributed by atoms with Gasteiger partial charge in [-0.25, -0.2) is 4.98 Å². The molecule has 0 spiro atoms. The molecule has 0 radical (unpaired) electrons. The molecule has 6 heteroatoms. The zero-order chi connectivity index (χ0) is 13.9. The van der Waals surface area contributed by atoms with Crippen LogP contribution in [0, 0.1) is 0 Å². The SMILES string of the molecule is FC(F)(F)c1ccnc(Nc2cccc(CCl)c2)c1. The standard InChI is InChI=1S/C13H10ClF3N2/c14-8-9-2-1-3-11(6-9)19-12-7-10(4-5-18-12)13(15,16)17/h1-7H,8H2,(H,18,19). The minimum Gasteiger partial charge on any atom is -0.340 e. The molecule has 0 aliphatic carbocycles. The van der Waals surface area contributed by atoms with E-state index in [1.54, 1.807) is 18.2 Å². The Kier molecular flexibility index (Phi) is 3.95. The van der Waals surface area contributed by atoms with E-state index in [1.165, 1.54) is 0 Å². The van der Waals surface area contributed by atoms with Crippen molar-refractivity contribution in [1.82, 2.24) is 4.98 Å². The molecule has 2 aromatic rings. The van der Waals surface area contributed by atoms with Crippen molar-refractivity contribution in [3.63, 3.8) is 0 Å². The number of alkyl halides is 4. The molecule has 2 rings (SSSR count). The summed E-state index contributed by atoms with van der Waals surface area (Å²) < 4.78 is 37.7. The smallest absolute Gasteiger partial charge is 0.340 e. The van der Waals surface area contributed by atoms with E-state index in [4.69, 9.17) is 11.6 Å². The highest BCUT2D eigenvalue weighted by atomic mass is 35.5. The van der Waals surface area contributed by atoms with Crippen LogP contribution in [0.2, 0.25) is 0 Å². The quantitative estimate of drug-likeness (QED) is 0.835. The molecule has 0 aliphatic heterocycles. The van der Waals surface area contributed by atoms with E-state index >= 15 is 0 Å². The summed E-state index contributed by atoms with van der Waals surface area (Å²) in [7, 11) is 0. The fourth-order valence-electron chi connectivity index (χ4n) is 1.56. The van der Waals surface area contributed by atoms with Gasteiger partial charge in [-0.3, -0.25) is 0 Å². The van der Waals surface area contributed by atoms with Crippen molar-refractivity contribution in [2.75, 3.05) is 5.32 Å². The molecule has 0 aliphatic rings. The van der Waals surface area contributed by atoms with Crippen molar-refractivity contribution in [3.8, 4) is 0 Å². The van der Waals surface area contributed by atoms with Crippen LogP contribution in [0.5, 0.6) is 0 Å². The zero-order valence-corrected chi connectivity index (χ0v) is 10.5. The highest BCUT2D eigenvalue weighted by Gasteiger charge is 2.30. The number of anilines is 2. The lowest BCUT2D eigenvalue weighted by molar-refractivity contribution is -0.137. The van der Waals surface area contributed by atoms with Gasteiger partial charge in [-0.05, 0) is 29.8 Å². The highest BCUT2D eigenvalue weighted by molar-refractivity contribution is 6.17. The lowest BCUT2D eigenvalue weighted by atomic mass is 10.2. The molecule has 1 N–H and O–H groups in total. The fraction of sp³-hybridized carbons (Fsp3) is 0.154. The number of nitrogens with one attached hydrogen (secondary N) is 1. The van der Waals surface area contributed by atoms with Gasteiger partial charge in [-0.1, -0.05) is 12.1 Å². The first-order valence-electron chi connectivity index (χ1n) is 5.44. The Balaban J connectivity index is 2.23. The third-order valence-electron chi connectivity index (χ3n) is 2.44. The summed E-state index contributed by atoms with van der Waals surface area (Å²) in [6, 6.07) is 8.99. The molecule has 0 amide bonds. The van der Waals surface area contributed by atoms with Crippen LogP contribution in [0.3, 0.4) is 0 Å². The van der Waals surface area contributed by atoms with Crippen LogP contribution in [0.15, 0.2) is 42.6 Å². The Bertz CT molecular complexity index is 570. The second kappa shape index (κ2) is 5.48. The summed E-state index contributed by atoms with van der Waals surface area (Å²) >= 11 is 5.69. The predicted molar refractivity (Wildman–Crippen MR) is 68.5 cm³/mol. The number of aromatic nitrogens is 1. The average Bonchev–Trinajstić information content (AvgIpc) is 2.38. The van der Waals surface area contributed by atoms with Crippen molar-refractivity contribution in [2.45, 2.75) is 12.1 Å². The maximum absolute atomic E-state index is 12.6. The molecule has 0 bridgehead atoms. The lowest BCUT2D eigenvalue weighted by Gasteiger charge is -2.10. The van der Waals surface area contributed by atoms with Crippen LogP contribution in [0.1, 0.15) is 11.1 Å². The molecular weight excluding hydrogens is 277 g/mol. The summed E-state index contributed by atoms with van der Waals surface area (Å²) in [5.74, 6) is 0.479. The molecule has 1 heterocycles. The summed E-state index contributed by atoms with van der Waals surface area (Å²) in [5.41, 5.74) is 0.780. The Morgan fingerprint density at radius 2 is 1.95 bits per heavy atom. The normalized spacial score (nSPS) is 11.4. The van der Waals surface area contributed by atoms with E-state index in [1.807, 2.05) is 6.07 Å². The summed E-state index contributed by atoms with van der Waals surface area (Å²) in [5, 5.41) is 2.82. The molecule has 0 saturated carbocycles. The first kappa shape index (κ1) is 13.7. The maximum atomic E-state index is 12.6. The van der Waals surface area contributed by atoms with E-state index in [9.17, 15) is 13.2 Å². The van der Waals surface area contributed by atoms with Crippen LogP contribution in [-0.2, 0) is 12.1 Å². The van der Waals surface area contributed by atoms with Crippen molar-refractivity contribution >= 4 is 23.1 Å². The molecule has 0 saturated heterocycles. The fourth-order valence-corrected chi connectivity index (χ4v) is 1.72. The number of rotatable bonds is 3. The molecule has 0 fully saturated rings. The Labute approximate surface area is 113 Å². The van der Waals surface area contributed by atoms with Gasteiger partial charge in [0.05, 0.1) is 5.56 Å².